The van der Waals surface area contributed by atoms with Crippen LogP contribution in [0, 0.1) is 5.92 Å². The number of hydrogen-bond donors (Lipinski definition) is 2. The highest BCUT2D eigenvalue weighted by molar-refractivity contribution is 9.10. The molecule has 1 saturated heterocycles. The van der Waals surface area contributed by atoms with Gasteiger partial charge in [0.1, 0.15) is 0 Å². The quantitative estimate of drug-likeness (QED) is 0.629. The minimum absolute atomic E-state index is 0.0422. The summed E-state index contributed by atoms with van der Waals surface area (Å²) < 4.78 is 44.2. The fourth-order valence-corrected chi connectivity index (χ4v) is 3.06. The van der Waals surface area contributed by atoms with E-state index in [4.69, 9.17) is 10.6 Å². The van der Waals surface area contributed by atoms with Crippen molar-refractivity contribution in [2.45, 2.75) is 31.5 Å². The predicted molar refractivity (Wildman–Crippen MR) is 77.4 cm³/mol. The van der Waals surface area contributed by atoms with Crippen LogP contribution in [0.2, 0.25) is 0 Å². The van der Waals surface area contributed by atoms with Crippen LogP contribution in [-0.2, 0) is 10.9 Å². The average molecular weight is 367 g/mol. The second-order valence-corrected chi connectivity index (χ2v) is 6.10. The van der Waals surface area contributed by atoms with Crippen LogP contribution >= 0.6 is 15.9 Å². The molecule has 0 saturated carbocycles. The first-order chi connectivity index (χ1) is 9.91. The third-order valence-electron chi connectivity index (χ3n) is 3.81. The van der Waals surface area contributed by atoms with Crippen LogP contribution in [-0.4, -0.2) is 13.2 Å². The van der Waals surface area contributed by atoms with Gasteiger partial charge in [-0.25, -0.2) is 0 Å². The van der Waals surface area contributed by atoms with Gasteiger partial charge < -0.3 is 4.74 Å². The highest BCUT2D eigenvalue weighted by atomic mass is 79.9. The normalized spacial score (nSPS) is 18.7. The number of halogens is 4. The second kappa shape index (κ2) is 7.09. The van der Waals surface area contributed by atoms with Crippen LogP contribution in [0.5, 0.6) is 0 Å². The van der Waals surface area contributed by atoms with Gasteiger partial charge in [0.15, 0.2) is 0 Å². The predicted octanol–water partition coefficient (Wildman–Crippen LogP) is 3.79. The lowest BCUT2D eigenvalue weighted by molar-refractivity contribution is -0.138. The Morgan fingerprint density at radius 1 is 1.33 bits per heavy atom. The molecule has 2 rings (SSSR count). The molecule has 118 valence electrons. The Morgan fingerprint density at radius 3 is 2.57 bits per heavy atom. The molecule has 1 unspecified atom stereocenters. The molecule has 7 heteroatoms. The van der Waals surface area contributed by atoms with Gasteiger partial charge in [0.2, 0.25) is 0 Å². The number of benzene rings is 1. The Bertz CT molecular complexity index is 476. The van der Waals surface area contributed by atoms with Crippen molar-refractivity contribution in [2.24, 2.45) is 11.8 Å². The van der Waals surface area contributed by atoms with Crippen LogP contribution in [0.25, 0.3) is 0 Å². The summed E-state index contributed by atoms with van der Waals surface area (Å²) in [6, 6.07) is 3.96. The number of hydrogen-bond acceptors (Lipinski definition) is 3. The molecule has 1 aromatic rings. The Kier molecular flexibility index (Phi) is 5.65. The molecule has 3 N–H and O–H groups in total. The van der Waals surface area contributed by atoms with E-state index < -0.39 is 11.7 Å². The van der Waals surface area contributed by atoms with Crippen LogP contribution in [0.3, 0.4) is 0 Å². The minimum Gasteiger partial charge on any atom is -0.381 e. The lowest BCUT2D eigenvalue weighted by Gasteiger charge is -2.27. The summed E-state index contributed by atoms with van der Waals surface area (Å²) in [5, 5.41) is 0. The highest BCUT2D eigenvalue weighted by Gasteiger charge is 2.33. The number of nitrogens with one attached hydrogen (secondary N) is 1. The SMILES string of the molecule is NNC(CC1CCOCC1)c1ccc(Br)c(C(F)(F)F)c1. The van der Waals surface area contributed by atoms with Crippen molar-refractivity contribution in [3.63, 3.8) is 0 Å². The van der Waals surface area contributed by atoms with Gasteiger partial charge in [-0.2, -0.15) is 13.2 Å². The van der Waals surface area contributed by atoms with E-state index >= 15 is 0 Å². The van der Waals surface area contributed by atoms with Gasteiger partial charge in [-0.15, -0.1) is 0 Å². The standard InChI is InChI=1S/C14H18BrF3N2O/c15-12-2-1-10(8-11(12)14(16,17)18)13(20-19)7-9-3-5-21-6-4-9/h1-2,8-9,13,20H,3-7,19H2. The molecule has 0 radical (unpaired) electrons. The Balaban J connectivity index is 2.17. The Morgan fingerprint density at radius 2 is 2.00 bits per heavy atom. The van der Waals surface area contributed by atoms with Gasteiger partial charge in [-0.1, -0.05) is 22.0 Å². The first-order valence-corrected chi connectivity index (χ1v) is 7.61. The molecule has 21 heavy (non-hydrogen) atoms. The summed E-state index contributed by atoms with van der Waals surface area (Å²) in [5.41, 5.74) is 2.52. The average Bonchev–Trinajstić information content (AvgIpc) is 2.45. The molecular formula is C14H18BrF3N2O. The first-order valence-electron chi connectivity index (χ1n) is 6.82. The van der Waals surface area contributed by atoms with Crippen molar-refractivity contribution in [2.75, 3.05) is 13.2 Å². The third kappa shape index (κ3) is 4.42. The summed E-state index contributed by atoms with van der Waals surface area (Å²) >= 11 is 2.95. The molecule has 0 aliphatic carbocycles. The molecule has 0 spiro atoms. The van der Waals surface area contributed by atoms with Gasteiger partial charge in [0.05, 0.1) is 5.56 Å². The first kappa shape index (κ1) is 16.7. The van der Waals surface area contributed by atoms with E-state index in [1.54, 1.807) is 6.07 Å². The molecule has 0 bridgehead atoms. The van der Waals surface area contributed by atoms with E-state index in [1.807, 2.05) is 0 Å². The van der Waals surface area contributed by atoms with E-state index in [0.717, 1.165) is 18.9 Å². The number of nitrogens with two attached hydrogens (primary N) is 1. The molecule has 1 aliphatic rings. The molecule has 1 heterocycles. The van der Waals surface area contributed by atoms with Crippen molar-refractivity contribution in [3.8, 4) is 0 Å². The van der Waals surface area contributed by atoms with Crippen molar-refractivity contribution in [1.29, 1.82) is 0 Å². The Labute approximate surface area is 130 Å². The van der Waals surface area contributed by atoms with Crippen LogP contribution < -0.4 is 11.3 Å². The molecule has 1 fully saturated rings. The monoisotopic (exact) mass is 366 g/mol. The molecule has 1 aliphatic heterocycles. The van der Waals surface area contributed by atoms with E-state index in [2.05, 4.69) is 21.4 Å². The van der Waals surface area contributed by atoms with Crippen molar-refractivity contribution in [1.82, 2.24) is 5.43 Å². The van der Waals surface area contributed by atoms with E-state index in [-0.39, 0.29) is 10.5 Å². The van der Waals surface area contributed by atoms with Gasteiger partial charge >= 0.3 is 6.18 Å². The zero-order chi connectivity index (χ0) is 15.5. The lowest BCUT2D eigenvalue weighted by Crippen LogP contribution is -2.31. The van der Waals surface area contributed by atoms with Gasteiger partial charge in [0.25, 0.3) is 0 Å². The van der Waals surface area contributed by atoms with E-state index in [1.165, 1.54) is 6.07 Å². The Hall–Kier alpha value is -0.630. The zero-order valence-electron chi connectivity index (χ0n) is 11.4. The fraction of sp³-hybridized carbons (Fsp3) is 0.571. The summed E-state index contributed by atoms with van der Waals surface area (Å²) in [5.74, 6) is 5.96. The maximum absolute atomic E-state index is 13.0. The topological polar surface area (TPSA) is 47.3 Å². The zero-order valence-corrected chi connectivity index (χ0v) is 13.0. The smallest absolute Gasteiger partial charge is 0.381 e. The largest absolute Gasteiger partial charge is 0.417 e. The molecule has 0 amide bonds. The van der Waals surface area contributed by atoms with Crippen molar-refractivity contribution in [3.05, 3.63) is 33.8 Å². The second-order valence-electron chi connectivity index (χ2n) is 5.25. The van der Waals surface area contributed by atoms with Gasteiger partial charge in [-0.3, -0.25) is 11.3 Å². The third-order valence-corrected chi connectivity index (χ3v) is 4.50. The number of ether oxygens (including phenoxy) is 1. The van der Waals surface area contributed by atoms with Crippen LogP contribution in [0.4, 0.5) is 13.2 Å². The molecule has 1 aromatic carbocycles. The van der Waals surface area contributed by atoms with E-state index in [0.29, 0.717) is 31.1 Å². The fourth-order valence-electron chi connectivity index (χ4n) is 2.59. The van der Waals surface area contributed by atoms with Gasteiger partial charge in [0, 0.05) is 23.7 Å². The van der Waals surface area contributed by atoms with E-state index in [9.17, 15) is 13.2 Å². The molecular weight excluding hydrogens is 349 g/mol. The maximum atomic E-state index is 13.0. The molecule has 3 nitrogen and oxygen atoms in total. The van der Waals surface area contributed by atoms with Crippen molar-refractivity contribution < 1.29 is 17.9 Å². The van der Waals surface area contributed by atoms with Crippen LogP contribution in [0.1, 0.15) is 36.4 Å². The minimum atomic E-state index is -4.38. The van der Waals surface area contributed by atoms with Crippen molar-refractivity contribution >= 4 is 15.9 Å². The summed E-state index contributed by atoms with van der Waals surface area (Å²) in [7, 11) is 0. The number of alkyl halides is 3. The summed E-state index contributed by atoms with van der Waals surface area (Å²) in [4.78, 5) is 0. The lowest BCUT2D eigenvalue weighted by atomic mass is 9.89. The summed E-state index contributed by atoms with van der Waals surface area (Å²) in [6.07, 6.45) is -1.84. The molecule has 0 aromatic heterocycles. The maximum Gasteiger partial charge on any atom is 0.417 e. The number of rotatable bonds is 4. The highest BCUT2D eigenvalue weighted by Crippen LogP contribution is 2.37. The molecule has 1 atom stereocenters. The van der Waals surface area contributed by atoms with Crippen LogP contribution in [0.15, 0.2) is 22.7 Å². The number of hydrazine groups is 1. The summed E-state index contributed by atoms with van der Waals surface area (Å²) in [6.45, 7) is 1.41. The van der Waals surface area contributed by atoms with Gasteiger partial charge in [-0.05, 0) is 42.9 Å².